The summed E-state index contributed by atoms with van der Waals surface area (Å²) >= 11 is 0. The van der Waals surface area contributed by atoms with Gasteiger partial charge in [0.1, 0.15) is 18.1 Å². The van der Waals surface area contributed by atoms with E-state index in [0.29, 0.717) is 6.54 Å². The van der Waals surface area contributed by atoms with Gasteiger partial charge in [0.15, 0.2) is 11.8 Å². The third kappa shape index (κ3) is 8.02. The van der Waals surface area contributed by atoms with E-state index in [0.717, 1.165) is 61.5 Å². The zero-order valence-corrected chi connectivity index (χ0v) is 22.5. The van der Waals surface area contributed by atoms with E-state index in [1.165, 1.54) is 11.3 Å². The summed E-state index contributed by atoms with van der Waals surface area (Å²) in [7, 11) is 3.64. The van der Waals surface area contributed by atoms with Crippen LogP contribution >= 0.6 is 24.0 Å². The summed E-state index contributed by atoms with van der Waals surface area (Å²) in [4.78, 5) is 4.72. The standard InChI is InChI=1S/C23H34N8O.HI/c1-17-15-18(2)31(29-17)14-6-12-24-23(26-16-22-28-27-19(3)30(22)4)25-13-11-20-7-9-21(32-5)10-8-20;/h7-10,15H,6,11-14,16H2,1-5H3,(H2,24,25,26);1H. The molecule has 0 amide bonds. The number of hydrogen-bond acceptors (Lipinski definition) is 5. The monoisotopic (exact) mass is 566 g/mol. The second kappa shape index (κ2) is 13.2. The van der Waals surface area contributed by atoms with E-state index in [2.05, 4.69) is 51.1 Å². The quantitative estimate of drug-likeness (QED) is 0.170. The molecule has 180 valence electrons. The molecule has 0 radical (unpaired) electrons. The summed E-state index contributed by atoms with van der Waals surface area (Å²) in [5.41, 5.74) is 3.48. The van der Waals surface area contributed by atoms with E-state index in [1.54, 1.807) is 7.11 Å². The largest absolute Gasteiger partial charge is 0.497 e. The molecule has 0 saturated carbocycles. The third-order valence-corrected chi connectivity index (χ3v) is 5.37. The summed E-state index contributed by atoms with van der Waals surface area (Å²) in [5.74, 6) is 3.35. The highest BCUT2D eigenvalue weighted by molar-refractivity contribution is 14.0. The molecule has 3 rings (SSSR count). The fourth-order valence-corrected chi connectivity index (χ4v) is 3.37. The molecule has 3 aromatic rings. The van der Waals surface area contributed by atoms with E-state index in [1.807, 2.05) is 42.3 Å². The Balaban J connectivity index is 0.00000385. The molecule has 0 atom stereocenters. The third-order valence-electron chi connectivity index (χ3n) is 5.37. The second-order valence-electron chi connectivity index (χ2n) is 7.84. The van der Waals surface area contributed by atoms with Crippen LogP contribution in [-0.2, 0) is 26.6 Å². The number of hydrogen-bond donors (Lipinski definition) is 2. The van der Waals surface area contributed by atoms with Gasteiger partial charge in [-0.25, -0.2) is 4.99 Å². The number of aliphatic imine (C=N–C) groups is 1. The number of nitrogens with zero attached hydrogens (tertiary/aromatic N) is 6. The number of rotatable bonds is 10. The van der Waals surface area contributed by atoms with Gasteiger partial charge in [0.25, 0.3) is 0 Å². The van der Waals surface area contributed by atoms with E-state index >= 15 is 0 Å². The van der Waals surface area contributed by atoms with Gasteiger partial charge in [-0.3, -0.25) is 4.68 Å². The predicted octanol–water partition coefficient (Wildman–Crippen LogP) is 2.93. The molecule has 2 heterocycles. The molecule has 0 unspecified atom stereocenters. The van der Waals surface area contributed by atoms with Crippen LogP contribution in [0.5, 0.6) is 5.75 Å². The number of benzene rings is 1. The van der Waals surface area contributed by atoms with Crippen molar-refractivity contribution in [3.63, 3.8) is 0 Å². The number of halogens is 1. The summed E-state index contributed by atoms with van der Waals surface area (Å²) in [6, 6.07) is 10.2. The smallest absolute Gasteiger partial charge is 0.191 e. The van der Waals surface area contributed by atoms with Gasteiger partial charge >= 0.3 is 0 Å². The van der Waals surface area contributed by atoms with Crippen LogP contribution in [0.15, 0.2) is 35.3 Å². The Morgan fingerprint density at radius 3 is 2.39 bits per heavy atom. The molecule has 9 nitrogen and oxygen atoms in total. The average Bonchev–Trinajstić information content (AvgIpc) is 3.29. The Bertz CT molecular complexity index is 1030. The minimum absolute atomic E-state index is 0. The highest BCUT2D eigenvalue weighted by Gasteiger charge is 2.06. The van der Waals surface area contributed by atoms with Crippen molar-refractivity contribution in [2.45, 2.75) is 46.7 Å². The molecule has 2 aromatic heterocycles. The highest BCUT2D eigenvalue weighted by atomic mass is 127. The van der Waals surface area contributed by atoms with Crippen LogP contribution in [0.1, 0.15) is 35.0 Å². The maximum absolute atomic E-state index is 5.23. The Morgan fingerprint density at radius 1 is 1.06 bits per heavy atom. The summed E-state index contributed by atoms with van der Waals surface area (Å²) in [6.07, 6.45) is 1.84. The fourth-order valence-electron chi connectivity index (χ4n) is 3.37. The molecule has 0 aliphatic rings. The second-order valence-corrected chi connectivity index (χ2v) is 7.84. The maximum atomic E-state index is 5.23. The first-order chi connectivity index (χ1) is 15.5. The fraction of sp³-hybridized carbons (Fsp3) is 0.478. The molecule has 0 saturated heterocycles. The Hall–Kier alpha value is -2.63. The first-order valence-electron chi connectivity index (χ1n) is 11.0. The molecule has 0 aliphatic heterocycles. The minimum atomic E-state index is 0. The number of methoxy groups -OCH3 is 1. The summed E-state index contributed by atoms with van der Waals surface area (Å²) in [5, 5.41) is 19.7. The highest BCUT2D eigenvalue weighted by Crippen LogP contribution is 2.11. The van der Waals surface area contributed by atoms with Gasteiger partial charge in [-0.15, -0.1) is 34.2 Å². The van der Waals surface area contributed by atoms with Crippen LogP contribution in [0.2, 0.25) is 0 Å². The number of ether oxygens (including phenoxy) is 1. The van der Waals surface area contributed by atoms with Crippen molar-refractivity contribution >= 4 is 29.9 Å². The summed E-state index contributed by atoms with van der Waals surface area (Å²) < 4.78 is 9.24. The van der Waals surface area contributed by atoms with Crippen molar-refractivity contribution in [3.05, 3.63) is 58.9 Å². The molecule has 0 bridgehead atoms. The topological polar surface area (TPSA) is 94.2 Å². The molecule has 0 aliphatic carbocycles. The van der Waals surface area contributed by atoms with Crippen LogP contribution in [0.3, 0.4) is 0 Å². The Labute approximate surface area is 213 Å². The first kappa shape index (κ1) is 26.6. The van der Waals surface area contributed by atoms with Gasteiger partial charge in [-0.1, -0.05) is 12.1 Å². The Morgan fingerprint density at radius 2 is 1.79 bits per heavy atom. The van der Waals surface area contributed by atoms with Crippen LogP contribution in [-0.4, -0.2) is 50.7 Å². The molecule has 1 aromatic carbocycles. The lowest BCUT2D eigenvalue weighted by molar-refractivity contribution is 0.414. The van der Waals surface area contributed by atoms with E-state index in [4.69, 9.17) is 9.73 Å². The zero-order chi connectivity index (χ0) is 22.9. The lowest BCUT2D eigenvalue weighted by atomic mass is 10.1. The Kier molecular flexibility index (Phi) is 10.6. The van der Waals surface area contributed by atoms with Gasteiger partial charge in [-0.05, 0) is 57.4 Å². The van der Waals surface area contributed by atoms with E-state index < -0.39 is 0 Å². The van der Waals surface area contributed by atoms with Crippen LogP contribution < -0.4 is 15.4 Å². The van der Waals surface area contributed by atoms with Crippen molar-refractivity contribution in [2.24, 2.45) is 12.0 Å². The van der Waals surface area contributed by atoms with Crippen molar-refractivity contribution in [3.8, 4) is 5.75 Å². The van der Waals surface area contributed by atoms with Gasteiger partial charge in [-0.2, -0.15) is 5.10 Å². The molecular weight excluding hydrogens is 531 g/mol. The van der Waals surface area contributed by atoms with Gasteiger partial charge in [0, 0.05) is 32.4 Å². The van der Waals surface area contributed by atoms with Crippen molar-refractivity contribution < 1.29 is 4.74 Å². The number of nitrogens with one attached hydrogen (secondary N) is 2. The van der Waals surface area contributed by atoms with Crippen molar-refractivity contribution in [1.29, 1.82) is 0 Å². The SMILES string of the molecule is COc1ccc(CCNC(=NCc2nnc(C)n2C)NCCCn2nc(C)cc2C)cc1.I. The first-order valence-corrected chi connectivity index (χ1v) is 11.0. The molecule has 0 spiro atoms. The summed E-state index contributed by atoms with van der Waals surface area (Å²) in [6.45, 7) is 8.95. The number of guanidine groups is 1. The lowest BCUT2D eigenvalue weighted by Gasteiger charge is -2.13. The minimum Gasteiger partial charge on any atom is -0.497 e. The maximum Gasteiger partial charge on any atom is 0.191 e. The number of aromatic nitrogens is 5. The van der Waals surface area contributed by atoms with Crippen molar-refractivity contribution in [2.75, 3.05) is 20.2 Å². The van der Waals surface area contributed by atoms with Gasteiger partial charge in [0.2, 0.25) is 0 Å². The van der Waals surface area contributed by atoms with Gasteiger partial charge in [0.05, 0.1) is 12.8 Å². The van der Waals surface area contributed by atoms with Crippen LogP contribution in [0.4, 0.5) is 0 Å². The normalized spacial score (nSPS) is 11.2. The molecular formula is C23H35IN8O. The lowest BCUT2D eigenvalue weighted by Crippen LogP contribution is -2.39. The molecule has 33 heavy (non-hydrogen) atoms. The zero-order valence-electron chi connectivity index (χ0n) is 20.1. The van der Waals surface area contributed by atoms with E-state index in [-0.39, 0.29) is 24.0 Å². The van der Waals surface area contributed by atoms with Crippen LogP contribution in [0.25, 0.3) is 0 Å². The molecule has 2 N–H and O–H groups in total. The van der Waals surface area contributed by atoms with Gasteiger partial charge < -0.3 is 19.9 Å². The average molecular weight is 566 g/mol. The van der Waals surface area contributed by atoms with Crippen LogP contribution in [0, 0.1) is 20.8 Å². The predicted molar refractivity (Wildman–Crippen MR) is 141 cm³/mol. The molecule has 10 heteroatoms. The number of aryl methyl sites for hydroxylation is 4. The molecule has 0 fully saturated rings. The van der Waals surface area contributed by atoms with Crippen molar-refractivity contribution in [1.82, 2.24) is 35.2 Å². The van der Waals surface area contributed by atoms with E-state index in [9.17, 15) is 0 Å².